The number of halogens is 1. The highest BCUT2D eigenvalue weighted by Crippen LogP contribution is 2.27. The van der Waals surface area contributed by atoms with Crippen molar-refractivity contribution >= 4 is 11.6 Å². The summed E-state index contributed by atoms with van der Waals surface area (Å²) in [6, 6.07) is 14.3. The van der Waals surface area contributed by atoms with Crippen molar-refractivity contribution in [1.82, 2.24) is 15.1 Å². The van der Waals surface area contributed by atoms with Crippen LogP contribution in [0.4, 0.5) is 10.1 Å². The molecule has 0 unspecified atom stereocenters. The van der Waals surface area contributed by atoms with Crippen LogP contribution >= 0.6 is 0 Å². The molecule has 29 heavy (non-hydrogen) atoms. The van der Waals surface area contributed by atoms with E-state index < -0.39 is 0 Å². The summed E-state index contributed by atoms with van der Waals surface area (Å²) in [5.74, 6) is -0.450. The van der Waals surface area contributed by atoms with Crippen molar-refractivity contribution in [1.29, 1.82) is 0 Å². The predicted molar refractivity (Wildman–Crippen MR) is 112 cm³/mol. The van der Waals surface area contributed by atoms with Gasteiger partial charge < -0.3 is 10.2 Å². The van der Waals surface area contributed by atoms with E-state index in [9.17, 15) is 9.18 Å². The summed E-state index contributed by atoms with van der Waals surface area (Å²) in [7, 11) is 3.99. The molecule has 6 heteroatoms. The number of amides is 1. The molecule has 1 N–H and O–H groups in total. The molecule has 0 fully saturated rings. The number of benzene rings is 2. The van der Waals surface area contributed by atoms with E-state index >= 15 is 0 Å². The average molecular weight is 392 g/mol. The monoisotopic (exact) mass is 392 g/mol. The van der Waals surface area contributed by atoms with E-state index in [1.807, 2.05) is 43.3 Å². The smallest absolute Gasteiger partial charge is 0.272 e. The van der Waals surface area contributed by atoms with Crippen LogP contribution in [0.15, 0.2) is 48.5 Å². The molecular weight excluding hydrogens is 367 g/mol. The lowest BCUT2D eigenvalue weighted by atomic mass is 9.95. The topological polar surface area (TPSA) is 50.2 Å². The Labute approximate surface area is 170 Å². The van der Waals surface area contributed by atoms with Gasteiger partial charge in [-0.25, -0.2) is 9.07 Å². The Bertz CT molecular complexity index is 1010. The summed E-state index contributed by atoms with van der Waals surface area (Å²) in [5.41, 5.74) is 5.49. The summed E-state index contributed by atoms with van der Waals surface area (Å²) in [6.07, 6.45) is 3.84. The van der Waals surface area contributed by atoms with E-state index in [2.05, 4.69) is 10.4 Å². The molecule has 0 bridgehead atoms. The van der Waals surface area contributed by atoms with Gasteiger partial charge in [0, 0.05) is 37.6 Å². The second-order valence-electron chi connectivity index (χ2n) is 7.61. The molecule has 1 aromatic heterocycles. The molecule has 0 saturated carbocycles. The van der Waals surface area contributed by atoms with E-state index in [0.29, 0.717) is 12.2 Å². The summed E-state index contributed by atoms with van der Waals surface area (Å²) in [4.78, 5) is 14.9. The Morgan fingerprint density at radius 3 is 2.45 bits per heavy atom. The molecule has 0 spiro atoms. The number of hydrogen-bond acceptors (Lipinski definition) is 3. The zero-order valence-electron chi connectivity index (χ0n) is 16.8. The third-order valence-corrected chi connectivity index (χ3v) is 5.37. The van der Waals surface area contributed by atoms with Crippen molar-refractivity contribution in [2.75, 3.05) is 19.0 Å². The van der Waals surface area contributed by atoms with E-state index in [-0.39, 0.29) is 11.7 Å². The number of carbonyl (C=O) groups is 1. The first-order valence-corrected chi connectivity index (χ1v) is 9.94. The maximum atomic E-state index is 13.3. The van der Waals surface area contributed by atoms with Gasteiger partial charge in [-0.15, -0.1) is 0 Å². The van der Waals surface area contributed by atoms with Crippen LogP contribution < -0.4 is 10.2 Å². The number of fused-ring (bicyclic) bond motifs is 1. The van der Waals surface area contributed by atoms with Crippen LogP contribution in [0.1, 0.15) is 40.2 Å². The van der Waals surface area contributed by atoms with Gasteiger partial charge in [0.25, 0.3) is 5.91 Å². The van der Waals surface area contributed by atoms with Crippen LogP contribution in [0.2, 0.25) is 0 Å². The van der Waals surface area contributed by atoms with Crippen LogP contribution in [0.3, 0.4) is 0 Å². The van der Waals surface area contributed by atoms with Crippen molar-refractivity contribution < 1.29 is 9.18 Å². The van der Waals surface area contributed by atoms with Gasteiger partial charge in [-0.05, 0) is 67.6 Å². The molecule has 1 aliphatic carbocycles. The molecular formula is C23H25FN4O. The minimum Gasteiger partial charge on any atom is -0.378 e. The van der Waals surface area contributed by atoms with E-state index in [0.717, 1.165) is 53.9 Å². The number of nitrogens with one attached hydrogen (secondary N) is 1. The van der Waals surface area contributed by atoms with E-state index in [4.69, 9.17) is 0 Å². The first-order valence-electron chi connectivity index (χ1n) is 9.94. The van der Waals surface area contributed by atoms with Gasteiger partial charge in [0.2, 0.25) is 0 Å². The van der Waals surface area contributed by atoms with Crippen LogP contribution in [0.5, 0.6) is 0 Å². The van der Waals surface area contributed by atoms with E-state index in [1.165, 1.54) is 12.1 Å². The SMILES string of the molecule is CN(C)c1ccc(CNC(=O)c2nn(-c3ccc(F)cc3)c3c2CCCC3)cc1. The highest BCUT2D eigenvalue weighted by atomic mass is 19.1. The number of anilines is 1. The number of nitrogens with zero attached hydrogens (tertiary/aromatic N) is 3. The highest BCUT2D eigenvalue weighted by Gasteiger charge is 2.25. The third kappa shape index (κ3) is 4.01. The van der Waals surface area contributed by atoms with Crippen LogP contribution in [-0.4, -0.2) is 29.8 Å². The average Bonchev–Trinajstić information content (AvgIpc) is 3.13. The highest BCUT2D eigenvalue weighted by molar-refractivity contribution is 5.94. The molecule has 3 aromatic rings. The standard InChI is InChI=1S/C23H25FN4O/c1-27(2)18-11-7-16(8-12-18)15-25-23(29)22-20-5-3-4-6-21(20)28(26-22)19-13-9-17(24)10-14-19/h7-14H,3-6,15H2,1-2H3,(H,25,29). The minimum atomic E-state index is -0.284. The van der Waals surface area contributed by atoms with Crippen LogP contribution in [0, 0.1) is 5.82 Å². The number of carbonyl (C=O) groups excluding carboxylic acids is 1. The van der Waals surface area contributed by atoms with Crippen LogP contribution in [0.25, 0.3) is 5.69 Å². The lowest BCUT2D eigenvalue weighted by molar-refractivity contribution is 0.0944. The Hall–Kier alpha value is -3.15. The fraction of sp³-hybridized carbons (Fsp3) is 0.304. The van der Waals surface area contributed by atoms with Gasteiger partial charge in [-0.2, -0.15) is 5.10 Å². The quantitative estimate of drug-likeness (QED) is 0.717. The van der Waals surface area contributed by atoms with Gasteiger partial charge in [0.1, 0.15) is 5.82 Å². The second kappa shape index (κ2) is 8.07. The maximum absolute atomic E-state index is 13.3. The number of hydrogen-bond donors (Lipinski definition) is 1. The van der Waals surface area contributed by atoms with Crippen molar-refractivity contribution in [3.8, 4) is 5.69 Å². The molecule has 0 atom stereocenters. The van der Waals surface area contributed by atoms with Crippen LogP contribution in [-0.2, 0) is 19.4 Å². The van der Waals surface area contributed by atoms with Crippen molar-refractivity contribution in [3.05, 3.63) is 76.9 Å². The van der Waals surface area contributed by atoms with Gasteiger partial charge in [0.05, 0.1) is 5.69 Å². The Kier molecular flexibility index (Phi) is 5.34. The predicted octanol–water partition coefficient (Wildman–Crippen LogP) is 3.89. The molecule has 0 aliphatic heterocycles. The summed E-state index contributed by atoms with van der Waals surface area (Å²) >= 11 is 0. The molecule has 0 saturated heterocycles. The number of aromatic nitrogens is 2. The Morgan fingerprint density at radius 2 is 1.76 bits per heavy atom. The van der Waals surface area contributed by atoms with Gasteiger partial charge >= 0.3 is 0 Å². The van der Waals surface area contributed by atoms with Crippen molar-refractivity contribution in [2.45, 2.75) is 32.2 Å². The zero-order chi connectivity index (χ0) is 20.4. The summed E-state index contributed by atoms with van der Waals surface area (Å²) < 4.78 is 15.1. The Balaban J connectivity index is 1.56. The minimum absolute atomic E-state index is 0.166. The first-order chi connectivity index (χ1) is 14.0. The van der Waals surface area contributed by atoms with Crippen molar-refractivity contribution in [3.63, 3.8) is 0 Å². The maximum Gasteiger partial charge on any atom is 0.272 e. The first kappa shape index (κ1) is 19.2. The lowest BCUT2D eigenvalue weighted by Gasteiger charge is -2.14. The van der Waals surface area contributed by atoms with Gasteiger partial charge in [0.15, 0.2) is 5.69 Å². The molecule has 4 rings (SSSR count). The molecule has 0 radical (unpaired) electrons. The molecule has 1 aliphatic rings. The fourth-order valence-corrected chi connectivity index (χ4v) is 3.76. The lowest BCUT2D eigenvalue weighted by Crippen LogP contribution is -2.24. The summed E-state index contributed by atoms with van der Waals surface area (Å²) in [5, 5.41) is 7.62. The Morgan fingerprint density at radius 1 is 1.07 bits per heavy atom. The van der Waals surface area contributed by atoms with E-state index in [1.54, 1.807) is 16.8 Å². The van der Waals surface area contributed by atoms with Crippen molar-refractivity contribution in [2.24, 2.45) is 0 Å². The summed E-state index contributed by atoms with van der Waals surface area (Å²) in [6.45, 7) is 0.449. The molecule has 2 aromatic carbocycles. The van der Waals surface area contributed by atoms with Gasteiger partial charge in [-0.1, -0.05) is 12.1 Å². The fourth-order valence-electron chi connectivity index (χ4n) is 3.76. The van der Waals surface area contributed by atoms with Gasteiger partial charge in [-0.3, -0.25) is 4.79 Å². The molecule has 1 heterocycles. The largest absolute Gasteiger partial charge is 0.378 e. The third-order valence-electron chi connectivity index (χ3n) is 5.37. The molecule has 150 valence electrons. The molecule has 5 nitrogen and oxygen atoms in total. The molecule has 1 amide bonds. The normalized spacial score (nSPS) is 13.1. The number of rotatable bonds is 5. The zero-order valence-corrected chi connectivity index (χ0v) is 16.8. The second-order valence-corrected chi connectivity index (χ2v) is 7.61.